The maximum absolute atomic E-state index is 4.66. The second kappa shape index (κ2) is 4.61. The molecule has 0 aromatic heterocycles. The first-order valence-electron chi connectivity index (χ1n) is 5.62. The van der Waals surface area contributed by atoms with Crippen LogP contribution in [0.3, 0.4) is 0 Å². The highest BCUT2D eigenvalue weighted by Crippen LogP contribution is 2.30. The van der Waals surface area contributed by atoms with E-state index in [4.69, 9.17) is 0 Å². The average Bonchev–Trinajstić information content (AvgIpc) is 2.05. The maximum atomic E-state index is 4.66. The van der Waals surface area contributed by atoms with E-state index in [-0.39, 0.29) is 0 Å². The van der Waals surface area contributed by atoms with Crippen LogP contribution in [0, 0.1) is 5.41 Å². The van der Waals surface area contributed by atoms with Crippen LogP contribution in [0.25, 0.3) is 0 Å². The van der Waals surface area contributed by atoms with Crippen LogP contribution in [0.1, 0.15) is 51.7 Å². The molecule has 0 atom stereocenters. The van der Waals surface area contributed by atoms with E-state index in [0.29, 0.717) is 11.3 Å². The van der Waals surface area contributed by atoms with Gasteiger partial charge in [-0.25, -0.2) is 0 Å². The molecule has 0 heterocycles. The van der Waals surface area contributed by atoms with Crippen LogP contribution in [0.4, 0.5) is 0 Å². The summed E-state index contributed by atoms with van der Waals surface area (Å²) >= 11 is 4.66. The Bertz CT molecular complexity index is 332. The van der Waals surface area contributed by atoms with Crippen molar-refractivity contribution in [3.63, 3.8) is 0 Å². The van der Waals surface area contributed by atoms with Crippen molar-refractivity contribution in [3.05, 3.63) is 29.3 Å². The number of benzene rings is 1. The Hall–Kier alpha value is -0.430. The second-order valence-corrected chi connectivity index (χ2v) is 6.19. The third-order valence-electron chi connectivity index (χ3n) is 2.49. The molecule has 84 valence electrons. The number of hydrogen-bond acceptors (Lipinski definition) is 1. The molecule has 0 aliphatic rings. The van der Waals surface area contributed by atoms with Crippen molar-refractivity contribution >= 4 is 12.6 Å². The van der Waals surface area contributed by atoms with Gasteiger partial charge >= 0.3 is 0 Å². The highest BCUT2D eigenvalue weighted by molar-refractivity contribution is 7.80. The number of thiol groups is 1. The molecule has 1 aromatic rings. The molecule has 0 spiro atoms. The van der Waals surface area contributed by atoms with Gasteiger partial charge in [-0.3, -0.25) is 0 Å². The van der Waals surface area contributed by atoms with Gasteiger partial charge in [0.25, 0.3) is 0 Å². The summed E-state index contributed by atoms with van der Waals surface area (Å²) in [6, 6.07) is 6.52. The molecule has 0 amide bonds. The molecular weight excluding hydrogens is 200 g/mol. The summed E-state index contributed by atoms with van der Waals surface area (Å²) < 4.78 is 0. The molecule has 0 fully saturated rings. The predicted octanol–water partition coefficient (Wildman–Crippen LogP) is 4.69. The molecular formula is C14H22S. The molecule has 0 unspecified atom stereocenters. The first-order valence-corrected chi connectivity index (χ1v) is 6.07. The van der Waals surface area contributed by atoms with E-state index in [9.17, 15) is 0 Å². The summed E-state index contributed by atoms with van der Waals surface area (Å²) in [7, 11) is 0. The third kappa shape index (κ3) is 3.57. The molecule has 15 heavy (non-hydrogen) atoms. The summed E-state index contributed by atoms with van der Waals surface area (Å²) in [4.78, 5) is 1.18. The first-order chi connectivity index (χ1) is 6.81. The Morgan fingerprint density at radius 2 is 1.80 bits per heavy atom. The van der Waals surface area contributed by atoms with Crippen LogP contribution in [-0.4, -0.2) is 0 Å². The minimum atomic E-state index is 0.326. The zero-order valence-electron chi connectivity index (χ0n) is 10.5. The monoisotopic (exact) mass is 222 g/mol. The molecule has 0 aliphatic heterocycles. The molecule has 0 bridgehead atoms. The standard InChI is InChI=1S/C14H22S/c1-10(2)12-8-6-7-11(13(12)15)9-14(3,4)5/h6-8,10,15H,9H2,1-5H3. The highest BCUT2D eigenvalue weighted by Gasteiger charge is 2.15. The first kappa shape index (κ1) is 12.6. The van der Waals surface area contributed by atoms with Crippen molar-refractivity contribution in [2.24, 2.45) is 5.41 Å². The fourth-order valence-corrected chi connectivity index (χ4v) is 2.28. The second-order valence-electron chi connectivity index (χ2n) is 5.75. The van der Waals surface area contributed by atoms with Crippen LogP contribution in [0.2, 0.25) is 0 Å². The van der Waals surface area contributed by atoms with Gasteiger partial charge in [0.2, 0.25) is 0 Å². The molecule has 0 aliphatic carbocycles. The van der Waals surface area contributed by atoms with E-state index < -0.39 is 0 Å². The van der Waals surface area contributed by atoms with Gasteiger partial charge in [-0.05, 0) is 28.9 Å². The van der Waals surface area contributed by atoms with Gasteiger partial charge in [-0.2, -0.15) is 0 Å². The third-order valence-corrected chi connectivity index (χ3v) is 3.04. The summed E-state index contributed by atoms with van der Waals surface area (Å²) in [5, 5.41) is 0. The quantitative estimate of drug-likeness (QED) is 0.690. The fourth-order valence-electron chi connectivity index (χ4n) is 1.79. The summed E-state index contributed by atoms with van der Waals surface area (Å²) in [6.45, 7) is 11.2. The molecule has 0 nitrogen and oxygen atoms in total. The van der Waals surface area contributed by atoms with Crippen molar-refractivity contribution in [2.45, 2.75) is 51.9 Å². The minimum Gasteiger partial charge on any atom is -0.143 e. The van der Waals surface area contributed by atoms with Crippen LogP contribution < -0.4 is 0 Å². The predicted molar refractivity (Wildman–Crippen MR) is 70.9 cm³/mol. The van der Waals surface area contributed by atoms with Crippen LogP contribution in [-0.2, 0) is 6.42 Å². The molecule has 0 saturated carbocycles. The van der Waals surface area contributed by atoms with Crippen LogP contribution >= 0.6 is 12.6 Å². The van der Waals surface area contributed by atoms with Gasteiger partial charge in [0.15, 0.2) is 0 Å². The van der Waals surface area contributed by atoms with Crippen molar-refractivity contribution in [2.75, 3.05) is 0 Å². The lowest BCUT2D eigenvalue weighted by molar-refractivity contribution is 0.408. The zero-order valence-corrected chi connectivity index (χ0v) is 11.4. The Balaban J connectivity index is 3.05. The van der Waals surface area contributed by atoms with Gasteiger partial charge in [0.1, 0.15) is 0 Å². The lowest BCUT2D eigenvalue weighted by Crippen LogP contribution is -2.10. The van der Waals surface area contributed by atoms with E-state index in [1.165, 1.54) is 16.0 Å². The average molecular weight is 222 g/mol. The van der Waals surface area contributed by atoms with Crippen LogP contribution in [0.5, 0.6) is 0 Å². The lowest BCUT2D eigenvalue weighted by Gasteiger charge is -2.21. The van der Waals surface area contributed by atoms with E-state index in [1.54, 1.807) is 0 Å². The molecule has 0 saturated heterocycles. The molecule has 1 rings (SSSR count). The number of rotatable bonds is 2. The Morgan fingerprint density at radius 3 is 2.27 bits per heavy atom. The van der Waals surface area contributed by atoms with E-state index in [1.807, 2.05) is 0 Å². The van der Waals surface area contributed by atoms with Gasteiger partial charge in [0.05, 0.1) is 0 Å². The van der Waals surface area contributed by atoms with Crippen LogP contribution in [0.15, 0.2) is 23.1 Å². The molecule has 0 radical (unpaired) electrons. The number of hydrogen-bond donors (Lipinski definition) is 1. The zero-order chi connectivity index (χ0) is 11.6. The summed E-state index contributed by atoms with van der Waals surface area (Å²) in [5.41, 5.74) is 3.06. The normalized spacial score (nSPS) is 12.2. The van der Waals surface area contributed by atoms with Gasteiger partial charge in [-0.15, -0.1) is 12.6 Å². The van der Waals surface area contributed by atoms with E-state index in [2.05, 4.69) is 65.4 Å². The van der Waals surface area contributed by atoms with Crippen molar-refractivity contribution in [1.82, 2.24) is 0 Å². The van der Waals surface area contributed by atoms with E-state index in [0.717, 1.165) is 6.42 Å². The van der Waals surface area contributed by atoms with Gasteiger partial charge < -0.3 is 0 Å². The van der Waals surface area contributed by atoms with E-state index >= 15 is 0 Å². The molecule has 0 N–H and O–H groups in total. The molecule has 1 aromatic carbocycles. The Morgan fingerprint density at radius 1 is 1.20 bits per heavy atom. The molecule has 1 heteroatoms. The Kier molecular flexibility index (Phi) is 3.88. The topological polar surface area (TPSA) is 0 Å². The maximum Gasteiger partial charge on any atom is 0.0107 e. The Labute approximate surface area is 99.5 Å². The summed E-state index contributed by atoms with van der Waals surface area (Å²) in [5.74, 6) is 0.553. The lowest BCUT2D eigenvalue weighted by atomic mass is 9.87. The van der Waals surface area contributed by atoms with Gasteiger partial charge in [0, 0.05) is 4.90 Å². The minimum absolute atomic E-state index is 0.326. The van der Waals surface area contributed by atoms with Crippen molar-refractivity contribution < 1.29 is 0 Å². The SMILES string of the molecule is CC(C)c1cccc(CC(C)(C)C)c1S. The highest BCUT2D eigenvalue weighted by atomic mass is 32.1. The van der Waals surface area contributed by atoms with Gasteiger partial charge in [-0.1, -0.05) is 52.8 Å². The van der Waals surface area contributed by atoms with Crippen molar-refractivity contribution in [3.8, 4) is 0 Å². The van der Waals surface area contributed by atoms with Crippen molar-refractivity contribution in [1.29, 1.82) is 0 Å². The smallest absolute Gasteiger partial charge is 0.0107 e. The fraction of sp³-hybridized carbons (Fsp3) is 0.571. The summed E-state index contributed by atoms with van der Waals surface area (Å²) in [6.07, 6.45) is 1.09. The largest absolute Gasteiger partial charge is 0.143 e.